The maximum atomic E-state index is 12.5. The second-order valence-corrected chi connectivity index (χ2v) is 23.2. The van der Waals surface area contributed by atoms with E-state index in [9.17, 15) is 19.8 Å². The molecule has 0 fully saturated rings. The molecule has 73 heavy (non-hydrogen) atoms. The van der Waals surface area contributed by atoms with E-state index in [4.69, 9.17) is 4.74 Å². The van der Waals surface area contributed by atoms with E-state index in [1.54, 1.807) is 6.08 Å². The molecule has 0 aliphatic carbocycles. The zero-order valence-electron chi connectivity index (χ0n) is 49.6. The lowest BCUT2D eigenvalue weighted by Gasteiger charge is -2.20. The first kappa shape index (κ1) is 71.6. The molecular weight excluding hydrogens is 899 g/mol. The van der Waals surface area contributed by atoms with Crippen LogP contribution in [0, 0.1) is 0 Å². The normalized spacial score (nSPS) is 12.5. The van der Waals surface area contributed by atoms with E-state index < -0.39 is 12.1 Å². The van der Waals surface area contributed by atoms with Crippen molar-refractivity contribution in [1.29, 1.82) is 0 Å². The Bertz CT molecular complexity index is 1100. The van der Waals surface area contributed by atoms with Crippen molar-refractivity contribution >= 4 is 11.9 Å². The summed E-state index contributed by atoms with van der Waals surface area (Å²) in [5, 5.41) is 23.1. The molecule has 6 nitrogen and oxygen atoms in total. The quantitative estimate of drug-likeness (QED) is 0.0320. The molecular formula is C67H131NO5. The summed E-state index contributed by atoms with van der Waals surface area (Å²) in [6, 6.07) is -0.625. The summed E-state index contributed by atoms with van der Waals surface area (Å²) < 4.78 is 5.50. The van der Waals surface area contributed by atoms with Crippen molar-refractivity contribution in [2.45, 2.75) is 392 Å². The molecule has 0 heterocycles. The van der Waals surface area contributed by atoms with Crippen molar-refractivity contribution in [3.63, 3.8) is 0 Å². The number of aliphatic hydroxyl groups is 2. The highest BCUT2D eigenvalue weighted by Crippen LogP contribution is 2.19. The predicted octanol–water partition coefficient (Wildman–Crippen LogP) is 21.2. The molecule has 0 saturated carbocycles. The van der Waals surface area contributed by atoms with Gasteiger partial charge in [0.05, 0.1) is 25.4 Å². The number of carbonyl (C=O) groups excluding carboxylic acids is 2. The fourth-order valence-electron chi connectivity index (χ4n) is 10.7. The van der Waals surface area contributed by atoms with Crippen molar-refractivity contribution in [2.24, 2.45) is 0 Å². The molecule has 0 radical (unpaired) electrons. The van der Waals surface area contributed by atoms with E-state index in [0.717, 1.165) is 38.5 Å². The second-order valence-electron chi connectivity index (χ2n) is 23.2. The molecule has 0 aromatic heterocycles. The van der Waals surface area contributed by atoms with Crippen molar-refractivity contribution in [1.82, 2.24) is 5.32 Å². The summed E-state index contributed by atoms with van der Waals surface area (Å²) in [6.45, 7) is 4.94. The van der Waals surface area contributed by atoms with Crippen LogP contribution in [0.25, 0.3) is 0 Å². The van der Waals surface area contributed by atoms with E-state index >= 15 is 0 Å². The largest absolute Gasteiger partial charge is 0.466 e. The number of ether oxygens (including phenoxy) is 1. The van der Waals surface area contributed by atoms with Crippen LogP contribution in [-0.4, -0.2) is 47.4 Å². The number of hydrogen-bond acceptors (Lipinski definition) is 5. The van der Waals surface area contributed by atoms with Gasteiger partial charge < -0.3 is 20.3 Å². The lowest BCUT2D eigenvalue weighted by atomic mass is 10.0. The Morgan fingerprint density at radius 3 is 0.932 bits per heavy atom. The zero-order valence-corrected chi connectivity index (χ0v) is 49.6. The minimum Gasteiger partial charge on any atom is -0.466 e. The van der Waals surface area contributed by atoms with Gasteiger partial charge in [0.25, 0.3) is 0 Å². The summed E-state index contributed by atoms with van der Waals surface area (Å²) in [5.41, 5.74) is 0. The molecule has 434 valence electrons. The summed E-state index contributed by atoms with van der Waals surface area (Å²) >= 11 is 0. The molecule has 0 saturated heterocycles. The minimum absolute atomic E-state index is 0.0202. The van der Waals surface area contributed by atoms with Gasteiger partial charge in [-0.1, -0.05) is 347 Å². The third-order valence-corrected chi connectivity index (χ3v) is 15.8. The topological polar surface area (TPSA) is 95.9 Å². The number of aliphatic hydroxyl groups excluding tert-OH is 2. The fourth-order valence-corrected chi connectivity index (χ4v) is 10.7. The van der Waals surface area contributed by atoms with Crippen LogP contribution < -0.4 is 5.32 Å². The van der Waals surface area contributed by atoms with Crippen LogP contribution in [0.3, 0.4) is 0 Å². The highest BCUT2D eigenvalue weighted by molar-refractivity contribution is 5.76. The van der Waals surface area contributed by atoms with Crippen LogP contribution in [0.15, 0.2) is 12.2 Å². The van der Waals surface area contributed by atoms with E-state index in [-0.39, 0.29) is 18.5 Å². The Morgan fingerprint density at radius 2 is 0.630 bits per heavy atom. The van der Waals surface area contributed by atoms with Gasteiger partial charge in [-0.05, 0) is 32.1 Å². The smallest absolute Gasteiger partial charge is 0.305 e. The average Bonchev–Trinajstić information content (AvgIpc) is 3.39. The van der Waals surface area contributed by atoms with Gasteiger partial charge >= 0.3 is 5.97 Å². The van der Waals surface area contributed by atoms with E-state index in [1.807, 2.05) is 6.08 Å². The molecule has 0 bridgehead atoms. The monoisotopic (exact) mass is 1030 g/mol. The van der Waals surface area contributed by atoms with E-state index in [2.05, 4.69) is 19.2 Å². The molecule has 0 aliphatic rings. The van der Waals surface area contributed by atoms with Crippen LogP contribution in [-0.2, 0) is 14.3 Å². The SMILES string of the molecule is CCCCCCCCCCCCCCC/C=C/C(O)C(CO)NC(=O)CCCCCCCCCCCCCCCCCCCCCCCCCCCOC(=O)CCCCCCCCCCCCCCCCCC. The standard InChI is InChI=1S/C67H131NO5/c1-3-5-7-9-11-13-15-17-19-33-37-41-45-49-53-57-61-67(72)73-62-58-54-50-46-42-38-34-30-28-26-24-22-20-21-23-25-27-29-32-36-40-44-48-52-56-60-66(71)68-64(63-69)65(70)59-55-51-47-43-39-35-31-18-16-14-12-10-8-6-4-2/h55,59,64-65,69-70H,3-54,56-58,60-63H2,1-2H3,(H,68,71)/b59-55+. The van der Waals surface area contributed by atoms with Gasteiger partial charge in [0.1, 0.15) is 0 Å². The van der Waals surface area contributed by atoms with E-state index in [0.29, 0.717) is 19.4 Å². The highest BCUT2D eigenvalue weighted by Gasteiger charge is 2.18. The van der Waals surface area contributed by atoms with Crippen molar-refractivity contribution < 1.29 is 24.5 Å². The second kappa shape index (κ2) is 63.1. The molecule has 0 aliphatic heterocycles. The summed E-state index contributed by atoms with van der Waals surface area (Å²) in [7, 11) is 0. The molecule has 2 atom stereocenters. The number of rotatable bonds is 63. The summed E-state index contributed by atoms with van der Waals surface area (Å²) in [5.74, 6) is -0.0433. The van der Waals surface area contributed by atoms with Crippen molar-refractivity contribution in [2.75, 3.05) is 13.2 Å². The molecule has 2 unspecified atom stereocenters. The van der Waals surface area contributed by atoms with Gasteiger partial charge in [-0.2, -0.15) is 0 Å². The predicted molar refractivity (Wildman–Crippen MR) is 320 cm³/mol. The molecule has 1 amide bonds. The Labute approximate surface area is 457 Å². The lowest BCUT2D eigenvalue weighted by molar-refractivity contribution is -0.143. The molecule has 0 aromatic rings. The Hall–Kier alpha value is -1.40. The maximum Gasteiger partial charge on any atom is 0.305 e. The molecule has 3 N–H and O–H groups in total. The van der Waals surface area contributed by atoms with Crippen molar-refractivity contribution in [3.05, 3.63) is 12.2 Å². The van der Waals surface area contributed by atoms with Crippen LogP contribution in [0.4, 0.5) is 0 Å². The van der Waals surface area contributed by atoms with E-state index in [1.165, 1.54) is 315 Å². The first-order valence-corrected chi connectivity index (χ1v) is 33.5. The fraction of sp³-hybridized carbons (Fsp3) is 0.940. The first-order valence-electron chi connectivity index (χ1n) is 33.5. The maximum absolute atomic E-state index is 12.5. The third kappa shape index (κ3) is 59.7. The number of esters is 1. The number of carbonyl (C=O) groups is 2. The summed E-state index contributed by atoms with van der Waals surface area (Å²) in [6.07, 6.45) is 77.0. The average molecular weight is 1030 g/mol. The van der Waals surface area contributed by atoms with Gasteiger partial charge in [0.2, 0.25) is 5.91 Å². The number of nitrogens with one attached hydrogen (secondary N) is 1. The molecule has 0 spiro atoms. The van der Waals surface area contributed by atoms with Gasteiger partial charge in [-0.25, -0.2) is 0 Å². The molecule has 0 aromatic carbocycles. The van der Waals surface area contributed by atoms with Gasteiger partial charge in [0.15, 0.2) is 0 Å². The lowest BCUT2D eigenvalue weighted by Crippen LogP contribution is -2.45. The van der Waals surface area contributed by atoms with Crippen LogP contribution in [0.1, 0.15) is 380 Å². The summed E-state index contributed by atoms with van der Waals surface area (Å²) in [4.78, 5) is 24.6. The minimum atomic E-state index is -0.842. The van der Waals surface area contributed by atoms with Crippen molar-refractivity contribution in [3.8, 4) is 0 Å². The third-order valence-electron chi connectivity index (χ3n) is 15.8. The Morgan fingerprint density at radius 1 is 0.370 bits per heavy atom. The first-order chi connectivity index (χ1) is 36.0. The van der Waals surface area contributed by atoms with Gasteiger partial charge in [0, 0.05) is 12.8 Å². The Balaban J connectivity index is 3.35. The number of unbranched alkanes of at least 4 members (excludes halogenated alkanes) is 52. The number of hydrogen-bond donors (Lipinski definition) is 3. The van der Waals surface area contributed by atoms with Crippen LogP contribution in [0.2, 0.25) is 0 Å². The highest BCUT2D eigenvalue weighted by atomic mass is 16.5. The molecule has 0 rings (SSSR count). The van der Waals surface area contributed by atoms with Crippen LogP contribution >= 0.6 is 0 Å². The van der Waals surface area contributed by atoms with Gasteiger partial charge in [-0.15, -0.1) is 0 Å². The zero-order chi connectivity index (χ0) is 52.9. The Kier molecular flexibility index (Phi) is 61.9. The number of allylic oxidation sites excluding steroid dienone is 1. The number of amides is 1. The van der Waals surface area contributed by atoms with Gasteiger partial charge in [-0.3, -0.25) is 9.59 Å². The molecule has 6 heteroatoms. The van der Waals surface area contributed by atoms with Crippen LogP contribution in [0.5, 0.6) is 0 Å².